The van der Waals surface area contributed by atoms with Crippen molar-refractivity contribution in [1.29, 1.82) is 0 Å². The molecule has 0 saturated heterocycles. The number of hydrogen-bond donors (Lipinski definition) is 0. The Morgan fingerprint density at radius 2 is 0.629 bits per heavy atom. The minimum Gasteiger partial charge on any atom is -0.247 e. The summed E-state index contributed by atoms with van der Waals surface area (Å²) >= 11 is 0. The van der Waals surface area contributed by atoms with Crippen LogP contribution < -0.4 is 0 Å². The minimum atomic E-state index is 0.617. The van der Waals surface area contributed by atoms with Gasteiger partial charge in [0.1, 0.15) is 0 Å². The van der Waals surface area contributed by atoms with Crippen LogP contribution in [0.25, 0.3) is 112 Å². The lowest BCUT2D eigenvalue weighted by Crippen LogP contribution is -2.00. The van der Waals surface area contributed by atoms with Crippen LogP contribution in [0.15, 0.2) is 231 Å². The van der Waals surface area contributed by atoms with Gasteiger partial charge in [0.25, 0.3) is 0 Å². The first-order chi connectivity index (χ1) is 30.7. The molecular weight excluding hydrogens is 753 g/mol. The number of rotatable bonds is 8. The summed E-state index contributed by atoms with van der Waals surface area (Å²) in [5.74, 6) is 1.86. The van der Waals surface area contributed by atoms with Gasteiger partial charge in [0.2, 0.25) is 0 Å². The first kappa shape index (κ1) is 36.7. The zero-order chi connectivity index (χ0) is 41.2. The molecule has 4 heteroatoms. The van der Waals surface area contributed by atoms with Crippen LogP contribution in [0.3, 0.4) is 0 Å². The molecule has 0 atom stereocenters. The lowest BCUT2D eigenvalue weighted by Gasteiger charge is -2.15. The Morgan fingerprint density at radius 1 is 0.226 bits per heavy atom. The molecule has 0 unspecified atom stereocenters. The molecule has 0 radical (unpaired) electrons. The number of nitrogens with zero attached hydrogens (tertiary/aromatic N) is 4. The second-order valence-corrected chi connectivity index (χ2v) is 15.4. The summed E-state index contributed by atoms with van der Waals surface area (Å²) in [5, 5.41) is 3.48. The predicted octanol–water partition coefficient (Wildman–Crippen LogP) is 14.9. The van der Waals surface area contributed by atoms with Crippen LogP contribution in [0, 0.1) is 0 Å². The van der Waals surface area contributed by atoms with E-state index in [2.05, 4.69) is 182 Å². The third-order valence-electron chi connectivity index (χ3n) is 11.5. The van der Waals surface area contributed by atoms with Crippen LogP contribution in [0.4, 0.5) is 0 Å². The van der Waals surface area contributed by atoms with Gasteiger partial charge in [-0.05, 0) is 74.8 Å². The van der Waals surface area contributed by atoms with Crippen molar-refractivity contribution in [3.05, 3.63) is 231 Å². The van der Waals surface area contributed by atoms with Gasteiger partial charge in [0.15, 0.2) is 17.5 Å². The van der Waals surface area contributed by atoms with Crippen LogP contribution in [-0.2, 0) is 0 Å². The lowest BCUT2D eigenvalue weighted by atomic mass is 9.91. The molecule has 62 heavy (non-hydrogen) atoms. The van der Waals surface area contributed by atoms with Gasteiger partial charge in [-0.2, -0.15) is 0 Å². The monoisotopic (exact) mass is 790 g/mol. The van der Waals surface area contributed by atoms with Gasteiger partial charge in [0.05, 0.1) is 11.2 Å². The third kappa shape index (κ3) is 7.10. The maximum atomic E-state index is 5.18. The highest BCUT2D eigenvalue weighted by atomic mass is 15.0. The molecule has 290 valence electrons. The normalized spacial score (nSPS) is 11.2. The topological polar surface area (TPSA) is 51.6 Å². The van der Waals surface area contributed by atoms with Crippen LogP contribution >= 0.6 is 0 Å². The fraction of sp³-hybridized carbons (Fsp3) is 0. The second-order valence-electron chi connectivity index (χ2n) is 15.4. The molecule has 0 aliphatic rings. The number of benzene rings is 9. The maximum Gasteiger partial charge on any atom is 0.164 e. The highest BCUT2D eigenvalue weighted by Gasteiger charge is 2.17. The average Bonchev–Trinajstić information content (AvgIpc) is 3.37. The number of para-hydroxylation sites is 1. The summed E-state index contributed by atoms with van der Waals surface area (Å²) in [6.07, 6.45) is 0. The maximum absolute atomic E-state index is 5.18. The SMILES string of the molecule is c1ccc(-c2cc(-c3ccccc3)cc(-c3nc(-c4ccccc4)nc(-c4ccc(-c5cccc(-c6cccc7c(-c8ccccc8)nc8ccccc8c67)c5)cc4)n3)c2)cc1. The van der Waals surface area contributed by atoms with Gasteiger partial charge < -0.3 is 0 Å². The molecule has 11 aromatic rings. The standard InChI is InChI=1S/C58H38N4/c1-5-17-39(18-6-1)47-36-48(40-19-7-2-8-20-40)38-49(37-47)58-61-56(43-23-11-4-12-24-43)60-57(62-58)44-33-31-41(32-34-44)45-25-15-26-46(35-45)50-28-16-29-52-54(50)51-27-13-14-30-53(51)59-55(52)42-21-9-3-10-22-42/h1-38H. The van der Waals surface area contributed by atoms with E-state index in [4.69, 9.17) is 19.9 Å². The van der Waals surface area contributed by atoms with Gasteiger partial charge in [0, 0.05) is 38.4 Å². The summed E-state index contributed by atoms with van der Waals surface area (Å²) in [6.45, 7) is 0. The van der Waals surface area contributed by atoms with E-state index in [1.807, 2.05) is 48.5 Å². The summed E-state index contributed by atoms with van der Waals surface area (Å²) in [7, 11) is 0. The number of aromatic nitrogens is 4. The van der Waals surface area contributed by atoms with E-state index >= 15 is 0 Å². The van der Waals surface area contributed by atoms with Crippen LogP contribution in [0.1, 0.15) is 0 Å². The molecule has 0 amide bonds. The van der Waals surface area contributed by atoms with Crippen molar-refractivity contribution in [2.45, 2.75) is 0 Å². The number of fused-ring (bicyclic) bond motifs is 3. The van der Waals surface area contributed by atoms with Gasteiger partial charge in [-0.25, -0.2) is 19.9 Å². The summed E-state index contributed by atoms with van der Waals surface area (Å²) < 4.78 is 0. The summed E-state index contributed by atoms with van der Waals surface area (Å²) in [4.78, 5) is 20.5. The first-order valence-corrected chi connectivity index (χ1v) is 20.9. The molecule has 0 aliphatic carbocycles. The molecule has 4 nitrogen and oxygen atoms in total. The molecule has 0 spiro atoms. The van der Waals surface area contributed by atoms with E-state index in [0.29, 0.717) is 17.5 Å². The molecule has 0 saturated carbocycles. The van der Waals surface area contributed by atoms with Crippen molar-refractivity contribution in [3.63, 3.8) is 0 Å². The van der Waals surface area contributed by atoms with Crippen molar-refractivity contribution < 1.29 is 0 Å². The fourth-order valence-corrected chi connectivity index (χ4v) is 8.44. The van der Waals surface area contributed by atoms with Crippen LogP contribution in [0.2, 0.25) is 0 Å². The smallest absolute Gasteiger partial charge is 0.164 e. The Balaban J connectivity index is 1.000. The van der Waals surface area contributed by atoms with Crippen molar-refractivity contribution in [3.8, 4) is 89.9 Å². The molecule has 0 bridgehead atoms. The molecule has 0 fully saturated rings. The third-order valence-corrected chi connectivity index (χ3v) is 11.5. The highest BCUT2D eigenvalue weighted by Crippen LogP contribution is 2.40. The van der Waals surface area contributed by atoms with Gasteiger partial charge in [-0.15, -0.1) is 0 Å². The molecule has 2 heterocycles. The van der Waals surface area contributed by atoms with E-state index in [1.165, 1.54) is 10.9 Å². The first-order valence-electron chi connectivity index (χ1n) is 20.9. The van der Waals surface area contributed by atoms with E-state index in [-0.39, 0.29) is 0 Å². The Morgan fingerprint density at radius 3 is 1.26 bits per heavy atom. The summed E-state index contributed by atoms with van der Waals surface area (Å²) in [6, 6.07) is 80.6. The largest absolute Gasteiger partial charge is 0.247 e. The second kappa shape index (κ2) is 16.0. The molecule has 2 aromatic heterocycles. The fourth-order valence-electron chi connectivity index (χ4n) is 8.44. The minimum absolute atomic E-state index is 0.617. The van der Waals surface area contributed by atoms with Gasteiger partial charge >= 0.3 is 0 Å². The summed E-state index contributed by atoms with van der Waals surface area (Å²) in [5.41, 5.74) is 14.9. The Labute approximate surface area is 360 Å². The van der Waals surface area contributed by atoms with Crippen LogP contribution in [0.5, 0.6) is 0 Å². The molecular formula is C58H38N4. The zero-order valence-electron chi connectivity index (χ0n) is 33.7. The van der Waals surface area contributed by atoms with E-state index in [9.17, 15) is 0 Å². The number of pyridine rings is 1. The van der Waals surface area contributed by atoms with Gasteiger partial charge in [-0.3, -0.25) is 0 Å². The van der Waals surface area contributed by atoms with Crippen molar-refractivity contribution in [1.82, 2.24) is 19.9 Å². The van der Waals surface area contributed by atoms with E-state index < -0.39 is 0 Å². The van der Waals surface area contributed by atoms with E-state index in [1.54, 1.807) is 0 Å². The number of hydrogen-bond acceptors (Lipinski definition) is 4. The predicted molar refractivity (Wildman–Crippen MR) is 256 cm³/mol. The Kier molecular flexibility index (Phi) is 9.49. The Hall–Kier alpha value is -8.34. The van der Waals surface area contributed by atoms with Crippen molar-refractivity contribution >= 4 is 21.7 Å². The molecule has 0 aliphatic heterocycles. The molecule has 9 aromatic carbocycles. The van der Waals surface area contributed by atoms with Crippen molar-refractivity contribution in [2.24, 2.45) is 0 Å². The van der Waals surface area contributed by atoms with E-state index in [0.717, 1.165) is 83.2 Å². The van der Waals surface area contributed by atoms with Gasteiger partial charge in [-0.1, -0.05) is 200 Å². The van der Waals surface area contributed by atoms with Crippen LogP contribution in [-0.4, -0.2) is 19.9 Å². The highest BCUT2D eigenvalue weighted by molar-refractivity contribution is 6.17. The lowest BCUT2D eigenvalue weighted by molar-refractivity contribution is 1.07. The average molecular weight is 791 g/mol. The molecule has 11 rings (SSSR count). The van der Waals surface area contributed by atoms with Crippen molar-refractivity contribution in [2.75, 3.05) is 0 Å². The zero-order valence-corrected chi connectivity index (χ0v) is 33.7. The molecule has 0 N–H and O–H groups in total. The quantitative estimate of drug-likeness (QED) is 0.144. The Bertz CT molecular complexity index is 3310.